The molecule has 1 rings (SSSR count). The molecule has 1 saturated heterocycles. The van der Waals surface area contributed by atoms with Crippen molar-refractivity contribution >= 4 is 12.1 Å². The maximum absolute atomic E-state index is 11.6. The summed E-state index contributed by atoms with van der Waals surface area (Å²) in [6, 6.07) is -0.0478. The fourth-order valence-corrected chi connectivity index (χ4v) is 1.59. The summed E-state index contributed by atoms with van der Waals surface area (Å²) in [5.41, 5.74) is 0. The maximum Gasteiger partial charge on any atom is 0.409 e. The van der Waals surface area contributed by atoms with Crippen molar-refractivity contribution in [1.29, 1.82) is 0 Å². The number of aliphatic hydroxyl groups is 1. The molecule has 17 heavy (non-hydrogen) atoms. The zero-order valence-electron chi connectivity index (χ0n) is 10.3. The molecule has 0 spiro atoms. The minimum Gasteiger partial charge on any atom is -0.447 e. The second kappa shape index (κ2) is 6.29. The third-order valence-electron chi connectivity index (χ3n) is 2.51. The number of rotatable bonds is 2. The lowest BCUT2D eigenvalue weighted by atomic mass is 10.3. The molecular weight excluding hydrogens is 226 g/mol. The van der Waals surface area contributed by atoms with E-state index < -0.39 is 6.09 Å². The molecule has 1 aliphatic rings. The first kappa shape index (κ1) is 13.6. The van der Waals surface area contributed by atoms with E-state index >= 15 is 0 Å². The van der Waals surface area contributed by atoms with Crippen molar-refractivity contribution in [2.45, 2.75) is 0 Å². The van der Waals surface area contributed by atoms with E-state index in [1.807, 2.05) is 0 Å². The number of carbonyl (C=O) groups excluding carboxylic acids is 2. The van der Waals surface area contributed by atoms with Crippen molar-refractivity contribution in [2.75, 3.05) is 53.5 Å². The lowest BCUT2D eigenvalue weighted by molar-refractivity contribution is 0.0665. The predicted molar refractivity (Wildman–Crippen MR) is 60.7 cm³/mol. The van der Waals surface area contributed by atoms with Crippen LogP contribution in [0, 0.1) is 0 Å². The van der Waals surface area contributed by atoms with Gasteiger partial charge in [-0.2, -0.15) is 0 Å². The summed E-state index contributed by atoms with van der Waals surface area (Å²) in [5.74, 6) is 0. The minimum absolute atomic E-state index is 0.00960. The summed E-state index contributed by atoms with van der Waals surface area (Å²) in [5, 5.41) is 8.54. The van der Waals surface area contributed by atoms with Gasteiger partial charge in [-0.25, -0.2) is 9.59 Å². The summed E-state index contributed by atoms with van der Waals surface area (Å²) in [6.45, 7) is 1.77. The molecule has 1 fully saturated rings. The third-order valence-corrected chi connectivity index (χ3v) is 2.51. The van der Waals surface area contributed by atoms with Gasteiger partial charge in [0, 0.05) is 40.3 Å². The van der Waals surface area contributed by atoms with E-state index in [2.05, 4.69) is 0 Å². The van der Waals surface area contributed by atoms with E-state index in [-0.39, 0.29) is 19.2 Å². The summed E-state index contributed by atoms with van der Waals surface area (Å²) in [7, 11) is 3.40. The smallest absolute Gasteiger partial charge is 0.409 e. The SMILES string of the molecule is CN(C)C(=O)N1CCN(C(=O)OCCO)CC1. The quantitative estimate of drug-likeness (QED) is 0.706. The number of ether oxygens (including phenoxy) is 1. The van der Waals surface area contributed by atoms with Crippen molar-refractivity contribution < 1.29 is 19.4 Å². The van der Waals surface area contributed by atoms with E-state index in [0.29, 0.717) is 26.2 Å². The highest BCUT2D eigenvalue weighted by Gasteiger charge is 2.25. The Morgan fingerprint density at radius 2 is 1.71 bits per heavy atom. The van der Waals surface area contributed by atoms with Crippen LogP contribution in [-0.2, 0) is 4.74 Å². The van der Waals surface area contributed by atoms with Crippen LogP contribution in [-0.4, -0.2) is 85.4 Å². The van der Waals surface area contributed by atoms with E-state index in [4.69, 9.17) is 9.84 Å². The van der Waals surface area contributed by atoms with Gasteiger partial charge < -0.3 is 24.5 Å². The van der Waals surface area contributed by atoms with Crippen LogP contribution in [0.5, 0.6) is 0 Å². The molecule has 0 atom stereocenters. The molecule has 0 aromatic heterocycles. The molecule has 0 bridgehead atoms. The lowest BCUT2D eigenvalue weighted by Crippen LogP contribution is -2.53. The molecule has 7 heteroatoms. The van der Waals surface area contributed by atoms with E-state index in [1.165, 1.54) is 9.80 Å². The van der Waals surface area contributed by atoms with Gasteiger partial charge >= 0.3 is 12.1 Å². The van der Waals surface area contributed by atoms with Gasteiger partial charge in [0.25, 0.3) is 0 Å². The molecule has 0 aliphatic carbocycles. The van der Waals surface area contributed by atoms with Crippen molar-refractivity contribution in [3.63, 3.8) is 0 Å². The summed E-state index contributed by atoms with van der Waals surface area (Å²) >= 11 is 0. The first-order chi connectivity index (χ1) is 8.06. The predicted octanol–water partition coefficient (Wildman–Crippen LogP) is -0.585. The first-order valence-corrected chi connectivity index (χ1v) is 5.55. The van der Waals surface area contributed by atoms with Gasteiger partial charge in [-0.1, -0.05) is 0 Å². The van der Waals surface area contributed by atoms with Gasteiger partial charge in [0.05, 0.1) is 6.61 Å². The molecule has 0 unspecified atom stereocenters. The van der Waals surface area contributed by atoms with Crippen LogP contribution in [0.2, 0.25) is 0 Å². The van der Waals surface area contributed by atoms with Crippen molar-refractivity contribution in [2.24, 2.45) is 0 Å². The fraction of sp³-hybridized carbons (Fsp3) is 0.800. The van der Waals surface area contributed by atoms with Crippen LogP contribution < -0.4 is 0 Å². The lowest BCUT2D eigenvalue weighted by Gasteiger charge is -2.35. The first-order valence-electron chi connectivity index (χ1n) is 5.55. The molecule has 1 N–H and O–H groups in total. The molecule has 0 saturated carbocycles. The van der Waals surface area contributed by atoms with Gasteiger partial charge in [-0.3, -0.25) is 0 Å². The van der Waals surface area contributed by atoms with Gasteiger partial charge in [0.15, 0.2) is 0 Å². The monoisotopic (exact) mass is 245 g/mol. The highest BCUT2D eigenvalue weighted by atomic mass is 16.6. The summed E-state index contributed by atoms with van der Waals surface area (Å²) in [6.07, 6.45) is -0.434. The van der Waals surface area contributed by atoms with Crippen molar-refractivity contribution in [3.8, 4) is 0 Å². The van der Waals surface area contributed by atoms with Crippen LogP contribution in [0.25, 0.3) is 0 Å². The highest BCUT2D eigenvalue weighted by Crippen LogP contribution is 2.05. The number of urea groups is 1. The normalized spacial score (nSPS) is 15.7. The molecule has 98 valence electrons. The van der Waals surface area contributed by atoms with Crippen LogP contribution in [0.4, 0.5) is 9.59 Å². The topological polar surface area (TPSA) is 73.3 Å². The zero-order valence-corrected chi connectivity index (χ0v) is 10.3. The van der Waals surface area contributed by atoms with Gasteiger partial charge in [0.2, 0.25) is 0 Å². The minimum atomic E-state index is -0.434. The second-order valence-electron chi connectivity index (χ2n) is 3.99. The maximum atomic E-state index is 11.6. The standard InChI is InChI=1S/C10H19N3O4/c1-11(2)9(15)12-3-5-13(6-4-12)10(16)17-8-7-14/h14H,3-8H2,1-2H3. The number of nitrogens with zero attached hydrogens (tertiary/aromatic N) is 3. The van der Waals surface area contributed by atoms with Crippen LogP contribution >= 0.6 is 0 Å². The Balaban J connectivity index is 2.35. The molecule has 0 aromatic carbocycles. The molecule has 7 nitrogen and oxygen atoms in total. The molecule has 1 heterocycles. The van der Waals surface area contributed by atoms with E-state index in [0.717, 1.165) is 0 Å². The van der Waals surface area contributed by atoms with Crippen molar-refractivity contribution in [3.05, 3.63) is 0 Å². The number of piperazine rings is 1. The Morgan fingerprint density at radius 1 is 1.18 bits per heavy atom. The van der Waals surface area contributed by atoms with Gasteiger partial charge in [0.1, 0.15) is 6.61 Å². The Kier molecular flexibility index (Phi) is 5.02. The molecule has 3 amide bonds. The second-order valence-corrected chi connectivity index (χ2v) is 3.99. The molecule has 1 aliphatic heterocycles. The molecule has 0 aromatic rings. The Bertz CT molecular complexity index is 275. The van der Waals surface area contributed by atoms with Crippen molar-refractivity contribution in [1.82, 2.24) is 14.7 Å². The van der Waals surface area contributed by atoms with Gasteiger partial charge in [-0.05, 0) is 0 Å². The molecule has 0 radical (unpaired) electrons. The average molecular weight is 245 g/mol. The number of hydrogen-bond acceptors (Lipinski definition) is 4. The Labute approximate surface area is 101 Å². The summed E-state index contributed by atoms with van der Waals surface area (Å²) in [4.78, 5) is 27.8. The van der Waals surface area contributed by atoms with Gasteiger partial charge in [-0.15, -0.1) is 0 Å². The third kappa shape index (κ3) is 3.77. The number of amides is 3. The molecular formula is C10H19N3O4. The largest absolute Gasteiger partial charge is 0.447 e. The average Bonchev–Trinajstić information content (AvgIpc) is 2.35. The Hall–Kier alpha value is -1.50. The fourth-order valence-electron chi connectivity index (χ4n) is 1.59. The highest BCUT2D eigenvalue weighted by molar-refractivity contribution is 5.74. The van der Waals surface area contributed by atoms with Crippen LogP contribution in [0.3, 0.4) is 0 Å². The van der Waals surface area contributed by atoms with E-state index in [9.17, 15) is 9.59 Å². The van der Waals surface area contributed by atoms with Crippen LogP contribution in [0.15, 0.2) is 0 Å². The summed E-state index contributed by atoms with van der Waals surface area (Å²) < 4.78 is 4.80. The number of hydrogen-bond donors (Lipinski definition) is 1. The zero-order chi connectivity index (χ0) is 12.8. The Morgan fingerprint density at radius 3 is 2.18 bits per heavy atom. The van der Waals surface area contributed by atoms with E-state index in [1.54, 1.807) is 19.0 Å². The number of aliphatic hydroxyl groups excluding tert-OH is 1. The van der Waals surface area contributed by atoms with Crippen LogP contribution in [0.1, 0.15) is 0 Å². The number of carbonyl (C=O) groups is 2.